The number of fused-ring (bicyclic) bond motifs is 1. The van der Waals surface area contributed by atoms with Crippen molar-refractivity contribution in [1.29, 1.82) is 0 Å². The van der Waals surface area contributed by atoms with Gasteiger partial charge in [-0.2, -0.15) is 5.10 Å². The van der Waals surface area contributed by atoms with Gasteiger partial charge in [0.25, 0.3) is 0 Å². The van der Waals surface area contributed by atoms with Crippen molar-refractivity contribution < 1.29 is 0 Å². The molecule has 1 atom stereocenters. The molecule has 0 amide bonds. The molecule has 1 aliphatic rings. The van der Waals surface area contributed by atoms with Crippen LogP contribution in [0.1, 0.15) is 17.7 Å². The van der Waals surface area contributed by atoms with Gasteiger partial charge in [0.15, 0.2) is 0 Å². The topological polar surface area (TPSA) is 17.8 Å². The Morgan fingerprint density at radius 3 is 3.33 bits per heavy atom. The minimum Gasteiger partial charge on any atom is -0.272 e. The maximum absolute atomic E-state index is 4.27. The number of hydrogen-bond acceptors (Lipinski definition) is 1. The lowest BCUT2D eigenvalue weighted by molar-refractivity contribution is 0.490. The molecular weight excluding hydrogens is 216 g/mol. The van der Waals surface area contributed by atoms with Gasteiger partial charge in [-0.1, -0.05) is 15.9 Å². The van der Waals surface area contributed by atoms with Crippen LogP contribution in [0.25, 0.3) is 0 Å². The lowest BCUT2D eigenvalue weighted by Crippen LogP contribution is -2.16. The fraction of sp³-hybridized carbons (Fsp3) is 0.667. The predicted molar refractivity (Wildman–Crippen MR) is 52.5 cm³/mol. The average molecular weight is 229 g/mol. The van der Waals surface area contributed by atoms with E-state index in [1.165, 1.54) is 30.5 Å². The summed E-state index contributed by atoms with van der Waals surface area (Å²) in [5, 5.41) is 5.39. The Balaban J connectivity index is 2.26. The van der Waals surface area contributed by atoms with Crippen molar-refractivity contribution >= 4 is 15.9 Å². The Morgan fingerprint density at radius 1 is 1.75 bits per heavy atom. The van der Waals surface area contributed by atoms with Crippen molar-refractivity contribution in [3.63, 3.8) is 0 Å². The number of alkyl halides is 1. The fourth-order valence-electron chi connectivity index (χ4n) is 1.85. The van der Waals surface area contributed by atoms with Crippen LogP contribution in [0, 0.1) is 5.92 Å². The van der Waals surface area contributed by atoms with Gasteiger partial charge >= 0.3 is 0 Å². The van der Waals surface area contributed by atoms with E-state index < -0.39 is 0 Å². The summed E-state index contributed by atoms with van der Waals surface area (Å²) in [5.41, 5.74) is 2.89. The zero-order valence-electron chi connectivity index (χ0n) is 7.26. The zero-order chi connectivity index (χ0) is 8.55. The summed E-state index contributed by atoms with van der Waals surface area (Å²) in [6.07, 6.45) is 5.72. The van der Waals surface area contributed by atoms with Gasteiger partial charge in [-0.05, 0) is 30.7 Å². The molecule has 0 bridgehead atoms. The normalized spacial score (nSPS) is 22.3. The van der Waals surface area contributed by atoms with Gasteiger partial charge in [0, 0.05) is 18.1 Å². The van der Waals surface area contributed by atoms with Crippen LogP contribution in [0.5, 0.6) is 0 Å². The Hall–Kier alpha value is -0.310. The molecule has 1 unspecified atom stereocenters. The molecule has 0 aromatic carbocycles. The summed E-state index contributed by atoms with van der Waals surface area (Å²) in [7, 11) is 2.04. The third-order valence-corrected chi connectivity index (χ3v) is 3.59. The molecule has 0 aliphatic heterocycles. The van der Waals surface area contributed by atoms with E-state index in [2.05, 4.69) is 21.0 Å². The molecule has 0 spiro atoms. The molecule has 1 aromatic rings. The van der Waals surface area contributed by atoms with Crippen LogP contribution in [-0.4, -0.2) is 15.1 Å². The number of rotatable bonds is 1. The highest BCUT2D eigenvalue weighted by Crippen LogP contribution is 2.25. The van der Waals surface area contributed by atoms with Crippen LogP contribution in [0.3, 0.4) is 0 Å². The van der Waals surface area contributed by atoms with Gasteiger partial charge in [-0.3, -0.25) is 4.68 Å². The number of aromatic nitrogens is 2. The van der Waals surface area contributed by atoms with Crippen LogP contribution in [-0.2, 0) is 19.9 Å². The highest BCUT2D eigenvalue weighted by molar-refractivity contribution is 9.09. The van der Waals surface area contributed by atoms with Gasteiger partial charge < -0.3 is 0 Å². The van der Waals surface area contributed by atoms with Crippen LogP contribution in [0.15, 0.2) is 6.20 Å². The summed E-state index contributed by atoms with van der Waals surface area (Å²) in [6, 6.07) is 0. The lowest BCUT2D eigenvalue weighted by atomic mass is 9.89. The largest absolute Gasteiger partial charge is 0.272 e. The van der Waals surface area contributed by atoms with Crippen LogP contribution < -0.4 is 0 Å². The monoisotopic (exact) mass is 228 g/mol. The van der Waals surface area contributed by atoms with E-state index in [4.69, 9.17) is 0 Å². The van der Waals surface area contributed by atoms with Crippen LogP contribution in [0.2, 0.25) is 0 Å². The van der Waals surface area contributed by atoms with Crippen LogP contribution in [0.4, 0.5) is 0 Å². The molecule has 66 valence electrons. The molecule has 3 heteroatoms. The molecule has 0 saturated carbocycles. The maximum atomic E-state index is 4.27. The SMILES string of the molecule is Cn1ncc2c1CC(CBr)CC2. The molecule has 2 rings (SSSR count). The van der Waals surface area contributed by atoms with E-state index in [9.17, 15) is 0 Å². The predicted octanol–water partition coefficient (Wildman–Crippen LogP) is 1.92. The first-order valence-corrected chi connectivity index (χ1v) is 5.49. The molecule has 1 heterocycles. The van der Waals surface area contributed by atoms with Crippen molar-refractivity contribution in [2.24, 2.45) is 13.0 Å². The second-order valence-corrected chi connectivity index (χ2v) is 4.15. The first-order valence-electron chi connectivity index (χ1n) is 4.37. The molecule has 2 nitrogen and oxygen atoms in total. The Morgan fingerprint density at radius 2 is 2.58 bits per heavy atom. The first kappa shape index (κ1) is 8.30. The van der Waals surface area contributed by atoms with E-state index in [0.717, 1.165) is 11.2 Å². The summed E-state index contributed by atoms with van der Waals surface area (Å²) >= 11 is 3.55. The standard InChI is InChI=1S/C9H13BrN2/c1-12-9-4-7(5-10)2-3-8(9)6-11-12/h6-7H,2-5H2,1H3. The summed E-state index contributed by atoms with van der Waals surface area (Å²) in [4.78, 5) is 0. The van der Waals surface area contributed by atoms with Crippen molar-refractivity contribution in [2.75, 3.05) is 5.33 Å². The quantitative estimate of drug-likeness (QED) is 0.672. The molecule has 0 radical (unpaired) electrons. The minimum atomic E-state index is 0.813. The summed E-state index contributed by atoms with van der Waals surface area (Å²) < 4.78 is 2.02. The van der Waals surface area contributed by atoms with E-state index in [0.29, 0.717) is 0 Å². The molecule has 0 saturated heterocycles. The smallest absolute Gasteiger partial charge is 0.0524 e. The first-order chi connectivity index (χ1) is 5.81. The maximum Gasteiger partial charge on any atom is 0.0524 e. The third kappa shape index (κ3) is 1.30. The highest BCUT2D eigenvalue weighted by atomic mass is 79.9. The van der Waals surface area contributed by atoms with Gasteiger partial charge in [0.2, 0.25) is 0 Å². The molecule has 1 aliphatic carbocycles. The summed E-state index contributed by atoms with van der Waals surface area (Å²) in [5.74, 6) is 0.813. The zero-order valence-corrected chi connectivity index (χ0v) is 8.84. The highest BCUT2D eigenvalue weighted by Gasteiger charge is 2.20. The minimum absolute atomic E-state index is 0.813. The molecule has 0 N–H and O–H groups in total. The lowest BCUT2D eigenvalue weighted by Gasteiger charge is -2.20. The van der Waals surface area contributed by atoms with Crippen molar-refractivity contribution in [3.8, 4) is 0 Å². The Kier molecular flexibility index (Phi) is 2.22. The second kappa shape index (κ2) is 3.21. The number of halogens is 1. The molecule has 12 heavy (non-hydrogen) atoms. The average Bonchev–Trinajstić information content (AvgIpc) is 2.47. The second-order valence-electron chi connectivity index (χ2n) is 3.50. The van der Waals surface area contributed by atoms with Crippen molar-refractivity contribution in [3.05, 3.63) is 17.5 Å². The van der Waals surface area contributed by atoms with Gasteiger partial charge in [0.05, 0.1) is 6.20 Å². The van der Waals surface area contributed by atoms with Gasteiger partial charge in [0.1, 0.15) is 0 Å². The third-order valence-electron chi connectivity index (χ3n) is 2.67. The number of aryl methyl sites for hydroxylation is 2. The van der Waals surface area contributed by atoms with Crippen molar-refractivity contribution in [2.45, 2.75) is 19.3 Å². The Labute approximate surface area is 81.1 Å². The summed E-state index contributed by atoms with van der Waals surface area (Å²) in [6.45, 7) is 0. The molecular formula is C9H13BrN2. The molecule has 1 aromatic heterocycles. The van der Waals surface area contributed by atoms with E-state index in [1.807, 2.05) is 17.9 Å². The Bertz CT molecular complexity index is 280. The van der Waals surface area contributed by atoms with Crippen molar-refractivity contribution in [1.82, 2.24) is 9.78 Å². The van der Waals surface area contributed by atoms with Crippen LogP contribution >= 0.6 is 15.9 Å². The van der Waals surface area contributed by atoms with E-state index >= 15 is 0 Å². The van der Waals surface area contributed by atoms with E-state index in [1.54, 1.807) is 0 Å². The molecule has 0 fully saturated rings. The number of hydrogen-bond donors (Lipinski definition) is 0. The van der Waals surface area contributed by atoms with E-state index in [-0.39, 0.29) is 0 Å². The van der Waals surface area contributed by atoms with Gasteiger partial charge in [-0.25, -0.2) is 0 Å². The number of nitrogens with zero attached hydrogens (tertiary/aromatic N) is 2. The van der Waals surface area contributed by atoms with Gasteiger partial charge in [-0.15, -0.1) is 0 Å². The fourth-order valence-corrected chi connectivity index (χ4v) is 2.40.